The van der Waals surface area contributed by atoms with Crippen LogP contribution >= 0.6 is 11.3 Å². The molecule has 0 aromatic carbocycles. The molecule has 0 saturated heterocycles. The van der Waals surface area contributed by atoms with Crippen LogP contribution in [0.1, 0.15) is 24.3 Å². The molecule has 0 saturated carbocycles. The summed E-state index contributed by atoms with van der Waals surface area (Å²) in [6.07, 6.45) is -0.125. The fourth-order valence-corrected chi connectivity index (χ4v) is 1.19. The highest BCUT2D eigenvalue weighted by atomic mass is 32.1. The first-order valence-corrected chi connectivity index (χ1v) is 4.39. The molecule has 1 aromatic rings. The summed E-state index contributed by atoms with van der Waals surface area (Å²) < 4.78 is 4.90. The Kier molecular flexibility index (Phi) is 2.65. The van der Waals surface area contributed by atoms with Gasteiger partial charge in [-0.2, -0.15) is 0 Å². The lowest BCUT2D eigenvalue weighted by Crippen LogP contribution is -2.11. The molecule has 1 rings (SSSR count). The second-order valence-corrected chi connectivity index (χ2v) is 3.41. The summed E-state index contributed by atoms with van der Waals surface area (Å²) in [6.45, 7) is 3.57. The number of ether oxygens (including phenoxy) is 1. The molecule has 0 aliphatic carbocycles. The van der Waals surface area contributed by atoms with E-state index in [-0.39, 0.29) is 11.8 Å². The Balaban J connectivity index is 2.65. The van der Waals surface area contributed by atoms with Gasteiger partial charge in [0, 0.05) is 5.38 Å². The molecule has 0 unspecified atom stereocenters. The third-order valence-corrected chi connectivity index (χ3v) is 1.75. The van der Waals surface area contributed by atoms with Gasteiger partial charge in [-0.1, -0.05) is 0 Å². The van der Waals surface area contributed by atoms with Gasteiger partial charge >= 0.3 is 5.97 Å². The monoisotopic (exact) mass is 186 g/mol. The van der Waals surface area contributed by atoms with Crippen LogP contribution in [0.15, 0.2) is 5.38 Å². The Morgan fingerprint density at radius 3 is 2.83 bits per heavy atom. The molecule has 0 fully saturated rings. The van der Waals surface area contributed by atoms with Crippen molar-refractivity contribution < 1.29 is 9.53 Å². The highest BCUT2D eigenvalue weighted by Crippen LogP contribution is 2.12. The Morgan fingerprint density at radius 2 is 2.42 bits per heavy atom. The van der Waals surface area contributed by atoms with E-state index < -0.39 is 5.97 Å². The fourth-order valence-electron chi connectivity index (χ4n) is 0.656. The lowest BCUT2D eigenvalue weighted by Gasteiger charge is -2.04. The van der Waals surface area contributed by atoms with Crippen LogP contribution < -0.4 is 5.73 Å². The zero-order valence-electron chi connectivity index (χ0n) is 6.90. The van der Waals surface area contributed by atoms with Gasteiger partial charge in [0.15, 0.2) is 10.8 Å². The van der Waals surface area contributed by atoms with E-state index >= 15 is 0 Å². The van der Waals surface area contributed by atoms with Gasteiger partial charge in [0.25, 0.3) is 0 Å². The Bertz CT molecular complexity index is 283. The summed E-state index contributed by atoms with van der Waals surface area (Å²) in [5.41, 5.74) is 5.63. The van der Waals surface area contributed by atoms with Gasteiger partial charge in [-0.15, -0.1) is 11.3 Å². The lowest BCUT2D eigenvalue weighted by atomic mass is 10.4. The minimum absolute atomic E-state index is 0.125. The molecule has 0 aliphatic heterocycles. The van der Waals surface area contributed by atoms with E-state index in [1.807, 2.05) is 0 Å². The van der Waals surface area contributed by atoms with Crippen LogP contribution in [0, 0.1) is 0 Å². The maximum absolute atomic E-state index is 11.1. The van der Waals surface area contributed by atoms with Crippen molar-refractivity contribution >= 4 is 22.4 Å². The normalized spacial score (nSPS) is 10.2. The minimum atomic E-state index is -0.419. The van der Waals surface area contributed by atoms with Crippen LogP contribution in [0.5, 0.6) is 0 Å². The zero-order chi connectivity index (χ0) is 9.14. The molecule has 0 radical (unpaired) electrons. The molecule has 4 nitrogen and oxygen atoms in total. The molecule has 12 heavy (non-hydrogen) atoms. The summed E-state index contributed by atoms with van der Waals surface area (Å²) in [5.74, 6) is -0.419. The number of nitrogen functional groups attached to an aromatic ring is 1. The van der Waals surface area contributed by atoms with Crippen molar-refractivity contribution in [1.82, 2.24) is 4.98 Å². The molecule has 0 aliphatic rings. The smallest absolute Gasteiger partial charge is 0.358 e. The third kappa shape index (κ3) is 2.20. The van der Waals surface area contributed by atoms with E-state index in [9.17, 15) is 4.79 Å². The summed E-state index contributed by atoms with van der Waals surface area (Å²) in [5, 5.41) is 1.96. The second kappa shape index (κ2) is 3.53. The van der Waals surface area contributed by atoms with Crippen LogP contribution in [-0.4, -0.2) is 17.1 Å². The van der Waals surface area contributed by atoms with E-state index in [0.29, 0.717) is 5.13 Å². The maximum atomic E-state index is 11.1. The number of esters is 1. The molecule has 1 aromatic heterocycles. The largest absolute Gasteiger partial charge is 0.458 e. The zero-order valence-corrected chi connectivity index (χ0v) is 7.72. The predicted octanol–water partition coefficient (Wildman–Crippen LogP) is 1.29. The van der Waals surface area contributed by atoms with E-state index in [1.165, 1.54) is 11.3 Å². The minimum Gasteiger partial charge on any atom is -0.458 e. The standard InChI is InChI=1S/C7H10N2O2S/c1-4(2)11-6(10)5-3-12-7(8)9-5/h3-4H,1-2H3,(H2,8,9). The molecule has 0 amide bonds. The van der Waals surface area contributed by atoms with Gasteiger partial charge in [-0.05, 0) is 13.8 Å². The SMILES string of the molecule is CC(C)OC(=O)c1csc(N)n1. The van der Waals surface area contributed by atoms with Gasteiger partial charge in [0.2, 0.25) is 0 Å². The number of carbonyl (C=O) groups excluding carboxylic acids is 1. The van der Waals surface area contributed by atoms with Crippen molar-refractivity contribution in [2.75, 3.05) is 5.73 Å². The molecule has 1 heterocycles. The average Bonchev–Trinajstić information content (AvgIpc) is 2.34. The number of hydrogen-bond donors (Lipinski definition) is 1. The van der Waals surface area contributed by atoms with Crippen LogP contribution in [0.4, 0.5) is 5.13 Å². The number of hydrogen-bond acceptors (Lipinski definition) is 5. The summed E-state index contributed by atoms with van der Waals surface area (Å²) >= 11 is 1.23. The number of rotatable bonds is 2. The van der Waals surface area contributed by atoms with E-state index in [2.05, 4.69) is 4.98 Å². The Labute approximate surface area is 74.4 Å². The van der Waals surface area contributed by atoms with Crippen molar-refractivity contribution in [3.05, 3.63) is 11.1 Å². The maximum Gasteiger partial charge on any atom is 0.358 e. The van der Waals surface area contributed by atoms with Crippen LogP contribution in [-0.2, 0) is 4.74 Å². The lowest BCUT2D eigenvalue weighted by molar-refractivity contribution is 0.0372. The highest BCUT2D eigenvalue weighted by Gasteiger charge is 2.11. The number of thiazole rings is 1. The summed E-state index contributed by atoms with van der Waals surface area (Å²) in [7, 11) is 0. The highest BCUT2D eigenvalue weighted by molar-refractivity contribution is 7.13. The van der Waals surface area contributed by atoms with E-state index in [0.717, 1.165) is 0 Å². The number of nitrogens with zero attached hydrogens (tertiary/aromatic N) is 1. The summed E-state index contributed by atoms with van der Waals surface area (Å²) in [4.78, 5) is 14.9. The molecule has 5 heteroatoms. The Hall–Kier alpha value is -1.10. The quantitative estimate of drug-likeness (QED) is 0.707. The molecule has 0 spiro atoms. The van der Waals surface area contributed by atoms with Crippen LogP contribution in [0.3, 0.4) is 0 Å². The molecule has 2 N–H and O–H groups in total. The number of nitrogens with two attached hydrogens (primary N) is 1. The van der Waals surface area contributed by atoms with Crippen molar-refractivity contribution in [3.63, 3.8) is 0 Å². The topological polar surface area (TPSA) is 65.2 Å². The van der Waals surface area contributed by atoms with Gasteiger partial charge < -0.3 is 10.5 Å². The Morgan fingerprint density at radius 1 is 1.75 bits per heavy atom. The van der Waals surface area contributed by atoms with Crippen molar-refractivity contribution in [3.8, 4) is 0 Å². The van der Waals surface area contributed by atoms with Gasteiger partial charge in [-0.25, -0.2) is 9.78 Å². The third-order valence-electron chi connectivity index (χ3n) is 1.07. The molecular formula is C7H10N2O2S. The summed E-state index contributed by atoms with van der Waals surface area (Å²) in [6, 6.07) is 0. The first-order chi connectivity index (χ1) is 5.59. The van der Waals surface area contributed by atoms with Crippen molar-refractivity contribution in [1.29, 1.82) is 0 Å². The van der Waals surface area contributed by atoms with Crippen molar-refractivity contribution in [2.45, 2.75) is 20.0 Å². The number of aromatic nitrogens is 1. The first kappa shape index (κ1) is 8.99. The van der Waals surface area contributed by atoms with Gasteiger partial charge in [-0.3, -0.25) is 0 Å². The average molecular weight is 186 g/mol. The van der Waals surface area contributed by atoms with Crippen LogP contribution in [0.2, 0.25) is 0 Å². The molecular weight excluding hydrogens is 176 g/mol. The molecule has 66 valence electrons. The van der Waals surface area contributed by atoms with Gasteiger partial charge in [0.05, 0.1) is 6.10 Å². The van der Waals surface area contributed by atoms with Crippen LogP contribution in [0.25, 0.3) is 0 Å². The first-order valence-electron chi connectivity index (χ1n) is 3.51. The van der Waals surface area contributed by atoms with E-state index in [1.54, 1.807) is 19.2 Å². The van der Waals surface area contributed by atoms with Crippen molar-refractivity contribution in [2.24, 2.45) is 0 Å². The van der Waals surface area contributed by atoms with Gasteiger partial charge in [0.1, 0.15) is 0 Å². The number of anilines is 1. The fraction of sp³-hybridized carbons (Fsp3) is 0.429. The second-order valence-electron chi connectivity index (χ2n) is 2.53. The number of carbonyl (C=O) groups is 1. The molecule has 0 atom stereocenters. The van der Waals surface area contributed by atoms with E-state index in [4.69, 9.17) is 10.5 Å². The predicted molar refractivity (Wildman–Crippen MR) is 47.1 cm³/mol. The molecule has 0 bridgehead atoms.